The van der Waals surface area contributed by atoms with Crippen LogP contribution in [0.1, 0.15) is 33.7 Å². The molecule has 2 rings (SSSR count). The van der Waals surface area contributed by atoms with Gasteiger partial charge in [0.15, 0.2) is 0 Å². The van der Waals surface area contributed by atoms with Crippen LogP contribution in [0.5, 0.6) is 0 Å². The zero-order valence-electron chi connectivity index (χ0n) is 12.5. The Bertz CT molecular complexity index is 620. The lowest BCUT2D eigenvalue weighted by Crippen LogP contribution is -2.17. The summed E-state index contributed by atoms with van der Waals surface area (Å²) in [6.07, 6.45) is 0.987. The molecule has 0 radical (unpaired) electrons. The maximum Gasteiger partial charge on any atom is 0.335 e. The summed E-state index contributed by atoms with van der Waals surface area (Å²) in [4.78, 5) is 10.9. The number of nitrogens with one attached hydrogen (secondary N) is 1. The van der Waals surface area contributed by atoms with Crippen LogP contribution in [0.15, 0.2) is 30.3 Å². The summed E-state index contributed by atoms with van der Waals surface area (Å²) in [5.74, 6) is -0.888. The fourth-order valence-corrected chi connectivity index (χ4v) is 2.30. The summed E-state index contributed by atoms with van der Waals surface area (Å²) in [6.45, 7) is 6.50. The van der Waals surface area contributed by atoms with E-state index in [1.165, 1.54) is 5.69 Å². The van der Waals surface area contributed by atoms with Crippen molar-refractivity contribution in [2.45, 2.75) is 33.4 Å². The van der Waals surface area contributed by atoms with Crippen LogP contribution in [-0.2, 0) is 13.1 Å². The Kier molecular flexibility index (Phi) is 5.11. The Labute approximate surface area is 124 Å². The Morgan fingerprint density at radius 1 is 1.33 bits per heavy atom. The quantitative estimate of drug-likeness (QED) is 0.767. The summed E-state index contributed by atoms with van der Waals surface area (Å²) < 4.78 is 2.02. The molecular weight excluding hydrogens is 266 g/mol. The number of nitrogens with zero attached hydrogens (tertiary/aromatic N) is 2. The maximum atomic E-state index is 10.9. The Morgan fingerprint density at radius 3 is 2.81 bits per heavy atom. The van der Waals surface area contributed by atoms with Gasteiger partial charge in [-0.3, -0.25) is 4.68 Å². The average Bonchev–Trinajstić information content (AvgIpc) is 2.77. The number of hydrogen-bond acceptors (Lipinski definition) is 3. The van der Waals surface area contributed by atoms with E-state index >= 15 is 0 Å². The Morgan fingerprint density at radius 2 is 2.14 bits per heavy atom. The molecule has 0 aliphatic carbocycles. The number of aryl methyl sites for hydroxylation is 3. The number of carbonyl (C=O) groups is 1. The van der Waals surface area contributed by atoms with Gasteiger partial charge in [-0.05, 0) is 50.6 Å². The van der Waals surface area contributed by atoms with Crippen LogP contribution >= 0.6 is 0 Å². The average molecular weight is 287 g/mol. The smallest absolute Gasteiger partial charge is 0.335 e. The van der Waals surface area contributed by atoms with Gasteiger partial charge in [0.2, 0.25) is 0 Å². The molecule has 1 aromatic carbocycles. The molecule has 0 fully saturated rings. The first-order chi connectivity index (χ1) is 10.1. The van der Waals surface area contributed by atoms with Crippen LogP contribution in [0, 0.1) is 13.8 Å². The number of aromatic nitrogens is 2. The number of rotatable bonds is 7. The Hall–Kier alpha value is -2.14. The van der Waals surface area contributed by atoms with E-state index in [9.17, 15) is 4.79 Å². The number of aromatic carboxylic acids is 1. The number of benzene rings is 1. The standard InChI is InChI=1S/C16H21N3O2/c1-12-9-13(2)19(18-12)8-4-7-17-11-14-5-3-6-15(10-14)16(20)21/h3,5-6,9-10,17H,4,7-8,11H2,1-2H3,(H,20,21). The van der Waals surface area contributed by atoms with Crippen LogP contribution in [-0.4, -0.2) is 27.4 Å². The molecule has 0 saturated heterocycles. The van der Waals surface area contributed by atoms with Gasteiger partial charge in [0.1, 0.15) is 0 Å². The highest BCUT2D eigenvalue weighted by molar-refractivity contribution is 5.87. The summed E-state index contributed by atoms with van der Waals surface area (Å²) in [5.41, 5.74) is 3.55. The summed E-state index contributed by atoms with van der Waals surface area (Å²) in [5, 5.41) is 16.7. The second kappa shape index (κ2) is 7.04. The molecule has 5 nitrogen and oxygen atoms in total. The van der Waals surface area contributed by atoms with Crippen LogP contribution in [0.3, 0.4) is 0 Å². The third kappa shape index (κ3) is 4.43. The van der Waals surface area contributed by atoms with Crippen LogP contribution in [0.25, 0.3) is 0 Å². The fourth-order valence-electron chi connectivity index (χ4n) is 2.30. The minimum absolute atomic E-state index is 0.331. The summed E-state index contributed by atoms with van der Waals surface area (Å²) >= 11 is 0. The first-order valence-electron chi connectivity index (χ1n) is 7.10. The SMILES string of the molecule is Cc1cc(C)n(CCCNCc2cccc(C(=O)O)c2)n1. The van der Waals surface area contributed by atoms with Crippen molar-refractivity contribution in [1.29, 1.82) is 0 Å². The lowest BCUT2D eigenvalue weighted by Gasteiger charge is -2.07. The predicted molar refractivity (Wildman–Crippen MR) is 81.4 cm³/mol. The largest absolute Gasteiger partial charge is 0.478 e. The summed E-state index contributed by atoms with van der Waals surface area (Å²) in [6, 6.07) is 9.09. The molecule has 2 aromatic rings. The van der Waals surface area contributed by atoms with E-state index in [1.807, 2.05) is 17.7 Å². The normalized spacial score (nSPS) is 10.8. The van der Waals surface area contributed by atoms with Gasteiger partial charge in [-0.15, -0.1) is 0 Å². The molecule has 0 saturated carbocycles. The van der Waals surface area contributed by atoms with Crippen LogP contribution in [0.2, 0.25) is 0 Å². The second-order valence-corrected chi connectivity index (χ2v) is 5.19. The van der Waals surface area contributed by atoms with Crippen molar-refractivity contribution >= 4 is 5.97 Å². The number of hydrogen-bond donors (Lipinski definition) is 2. The van der Waals surface area contributed by atoms with E-state index in [0.29, 0.717) is 12.1 Å². The van der Waals surface area contributed by atoms with E-state index in [-0.39, 0.29) is 0 Å². The van der Waals surface area contributed by atoms with Gasteiger partial charge in [0, 0.05) is 18.8 Å². The van der Waals surface area contributed by atoms with E-state index in [2.05, 4.69) is 23.4 Å². The topological polar surface area (TPSA) is 67.2 Å². The third-order valence-electron chi connectivity index (χ3n) is 3.33. The van der Waals surface area contributed by atoms with E-state index in [4.69, 9.17) is 5.11 Å². The molecule has 0 spiro atoms. The van der Waals surface area contributed by atoms with Gasteiger partial charge >= 0.3 is 5.97 Å². The van der Waals surface area contributed by atoms with Gasteiger partial charge in [0.25, 0.3) is 0 Å². The molecule has 0 aliphatic rings. The monoisotopic (exact) mass is 287 g/mol. The van der Waals surface area contributed by atoms with Gasteiger partial charge in [-0.25, -0.2) is 4.79 Å². The highest BCUT2D eigenvalue weighted by atomic mass is 16.4. The van der Waals surface area contributed by atoms with Crippen molar-refractivity contribution < 1.29 is 9.90 Å². The van der Waals surface area contributed by atoms with E-state index in [0.717, 1.165) is 30.8 Å². The van der Waals surface area contributed by atoms with Crippen LogP contribution < -0.4 is 5.32 Å². The number of carboxylic acids is 1. The van der Waals surface area contributed by atoms with Crippen molar-refractivity contribution in [3.05, 3.63) is 52.8 Å². The zero-order valence-corrected chi connectivity index (χ0v) is 12.5. The predicted octanol–water partition coefficient (Wildman–Crippen LogP) is 2.38. The molecule has 2 N–H and O–H groups in total. The molecule has 0 atom stereocenters. The van der Waals surface area contributed by atoms with Crippen molar-refractivity contribution in [2.24, 2.45) is 0 Å². The first kappa shape index (κ1) is 15.3. The van der Waals surface area contributed by atoms with Crippen molar-refractivity contribution in [1.82, 2.24) is 15.1 Å². The second-order valence-electron chi connectivity index (χ2n) is 5.19. The van der Waals surface area contributed by atoms with Gasteiger partial charge < -0.3 is 10.4 Å². The van der Waals surface area contributed by atoms with Crippen molar-refractivity contribution in [3.63, 3.8) is 0 Å². The molecule has 1 aromatic heterocycles. The van der Waals surface area contributed by atoms with Crippen LogP contribution in [0.4, 0.5) is 0 Å². The molecule has 112 valence electrons. The van der Waals surface area contributed by atoms with Crippen molar-refractivity contribution in [2.75, 3.05) is 6.54 Å². The maximum absolute atomic E-state index is 10.9. The fraction of sp³-hybridized carbons (Fsp3) is 0.375. The minimum atomic E-state index is -0.888. The van der Waals surface area contributed by atoms with E-state index < -0.39 is 5.97 Å². The molecule has 0 amide bonds. The highest BCUT2D eigenvalue weighted by Gasteiger charge is 2.03. The lowest BCUT2D eigenvalue weighted by atomic mass is 10.1. The van der Waals surface area contributed by atoms with Gasteiger partial charge in [0.05, 0.1) is 11.3 Å². The molecule has 1 heterocycles. The molecule has 5 heteroatoms. The molecule has 0 unspecified atom stereocenters. The third-order valence-corrected chi connectivity index (χ3v) is 3.33. The molecule has 0 bridgehead atoms. The van der Waals surface area contributed by atoms with Gasteiger partial charge in [-0.2, -0.15) is 5.10 Å². The number of carboxylic acid groups (broad SMARTS) is 1. The highest BCUT2D eigenvalue weighted by Crippen LogP contribution is 2.05. The van der Waals surface area contributed by atoms with Gasteiger partial charge in [-0.1, -0.05) is 12.1 Å². The van der Waals surface area contributed by atoms with Crippen molar-refractivity contribution in [3.8, 4) is 0 Å². The van der Waals surface area contributed by atoms with E-state index in [1.54, 1.807) is 18.2 Å². The minimum Gasteiger partial charge on any atom is -0.478 e. The molecular formula is C16H21N3O2. The Balaban J connectivity index is 1.73. The zero-order chi connectivity index (χ0) is 15.2. The molecule has 21 heavy (non-hydrogen) atoms. The lowest BCUT2D eigenvalue weighted by molar-refractivity contribution is 0.0696. The summed E-state index contributed by atoms with van der Waals surface area (Å²) in [7, 11) is 0. The first-order valence-corrected chi connectivity index (χ1v) is 7.10. The molecule has 0 aliphatic heterocycles.